The SMILES string of the molecule is Cc1[c]n2nc(C(C)(C)C)cc2nc1Cl. The first-order chi connectivity index (χ1) is 6.88. The summed E-state index contributed by atoms with van der Waals surface area (Å²) in [5, 5.41) is 4.91. The Balaban J connectivity index is 2.66. The summed E-state index contributed by atoms with van der Waals surface area (Å²) in [6.07, 6.45) is 3.06. The Bertz CT molecular complexity index is 469. The fraction of sp³-hybridized carbons (Fsp3) is 0.455. The van der Waals surface area contributed by atoms with Gasteiger partial charge in [-0.1, -0.05) is 32.4 Å². The van der Waals surface area contributed by atoms with Gasteiger partial charge in [0.25, 0.3) is 0 Å². The van der Waals surface area contributed by atoms with Crippen molar-refractivity contribution in [3.63, 3.8) is 0 Å². The molecule has 0 spiro atoms. The van der Waals surface area contributed by atoms with Crippen LogP contribution >= 0.6 is 11.6 Å². The summed E-state index contributed by atoms with van der Waals surface area (Å²) in [5.74, 6) is 0. The van der Waals surface area contributed by atoms with Crippen molar-refractivity contribution in [2.45, 2.75) is 33.1 Å². The summed E-state index contributed by atoms with van der Waals surface area (Å²) in [5.41, 5.74) is 2.57. The van der Waals surface area contributed by atoms with Crippen LogP contribution in [-0.4, -0.2) is 14.6 Å². The highest BCUT2D eigenvalue weighted by atomic mass is 35.5. The number of hydrogen-bond acceptors (Lipinski definition) is 2. The second-order valence-electron chi connectivity index (χ2n) is 4.69. The van der Waals surface area contributed by atoms with Gasteiger partial charge in [0.1, 0.15) is 5.15 Å². The van der Waals surface area contributed by atoms with Crippen LogP contribution in [0.3, 0.4) is 0 Å². The molecular weight excluding hydrogens is 210 g/mol. The van der Waals surface area contributed by atoms with Crippen LogP contribution in [0.1, 0.15) is 32.0 Å². The lowest BCUT2D eigenvalue weighted by Crippen LogP contribution is -2.11. The van der Waals surface area contributed by atoms with Crippen LogP contribution < -0.4 is 0 Å². The molecule has 0 aromatic carbocycles. The molecule has 0 aliphatic carbocycles. The van der Waals surface area contributed by atoms with Gasteiger partial charge in [0.2, 0.25) is 0 Å². The smallest absolute Gasteiger partial charge is 0.157 e. The van der Waals surface area contributed by atoms with E-state index in [-0.39, 0.29) is 5.41 Å². The molecule has 1 radical (unpaired) electrons. The fourth-order valence-corrected chi connectivity index (χ4v) is 1.42. The molecule has 2 rings (SSSR count). The first-order valence-electron chi connectivity index (χ1n) is 4.83. The molecule has 2 heterocycles. The molecule has 0 amide bonds. The Morgan fingerprint density at radius 3 is 2.67 bits per heavy atom. The van der Waals surface area contributed by atoms with E-state index < -0.39 is 0 Å². The molecule has 0 bridgehead atoms. The first kappa shape index (κ1) is 10.4. The maximum Gasteiger partial charge on any atom is 0.157 e. The maximum absolute atomic E-state index is 5.93. The van der Waals surface area contributed by atoms with Gasteiger partial charge in [0.15, 0.2) is 5.65 Å². The average Bonchev–Trinajstić information content (AvgIpc) is 2.47. The van der Waals surface area contributed by atoms with E-state index in [4.69, 9.17) is 11.6 Å². The molecule has 0 saturated carbocycles. The van der Waals surface area contributed by atoms with Crippen molar-refractivity contribution in [2.24, 2.45) is 0 Å². The van der Waals surface area contributed by atoms with E-state index in [1.807, 2.05) is 13.0 Å². The van der Waals surface area contributed by atoms with Gasteiger partial charge in [-0.2, -0.15) is 5.10 Å². The Hall–Kier alpha value is -1.09. The molecule has 0 aliphatic rings. The molecule has 0 fully saturated rings. The lowest BCUT2D eigenvalue weighted by atomic mass is 9.93. The van der Waals surface area contributed by atoms with Crippen molar-refractivity contribution in [1.29, 1.82) is 0 Å². The molecule has 0 saturated heterocycles. The predicted octanol–water partition coefficient (Wildman–Crippen LogP) is 2.79. The van der Waals surface area contributed by atoms with E-state index in [1.165, 1.54) is 0 Å². The first-order valence-corrected chi connectivity index (χ1v) is 5.21. The third-order valence-corrected chi connectivity index (χ3v) is 2.62. The summed E-state index contributed by atoms with van der Waals surface area (Å²) in [7, 11) is 0. The molecule has 15 heavy (non-hydrogen) atoms. The minimum atomic E-state index is 0.0158. The van der Waals surface area contributed by atoms with Crippen molar-refractivity contribution in [2.75, 3.05) is 0 Å². The highest BCUT2D eigenvalue weighted by molar-refractivity contribution is 6.30. The third kappa shape index (κ3) is 1.84. The summed E-state index contributed by atoms with van der Waals surface area (Å²) in [6.45, 7) is 8.21. The fourth-order valence-electron chi connectivity index (χ4n) is 1.29. The highest BCUT2D eigenvalue weighted by Crippen LogP contribution is 2.22. The second-order valence-corrected chi connectivity index (χ2v) is 5.05. The normalized spacial score (nSPS) is 12.3. The average molecular weight is 223 g/mol. The molecule has 2 aromatic rings. The van der Waals surface area contributed by atoms with Crippen LogP contribution in [0.4, 0.5) is 0 Å². The number of hydrogen-bond donors (Lipinski definition) is 0. The van der Waals surface area contributed by atoms with Crippen molar-refractivity contribution in [3.05, 3.63) is 28.7 Å². The van der Waals surface area contributed by atoms with Crippen LogP contribution in [-0.2, 0) is 5.41 Å². The van der Waals surface area contributed by atoms with E-state index >= 15 is 0 Å². The van der Waals surface area contributed by atoms with Gasteiger partial charge in [-0.3, -0.25) is 0 Å². The molecule has 79 valence electrons. The van der Waals surface area contributed by atoms with Crippen LogP contribution in [0, 0.1) is 13.1 Å². The van der Waals surface area contributed by atoms with Crippen LogP contribution in [0.5, 0.6) is 0 Å². The van der Waals surface area contributed by atoms with E-state index in [9.17, 15) is 0 Å². The van der Waals surface area contributed by atoms with E-state index in [1.54, 1.807) is 4.52 Å². The Labute approximate surface area is 94.1 Å². The van der Waals surface area contributed by atoms with Crippen molar-refractivity contribution >= 4 is 17.2 Å². The Kier molecular flexibility index (Phi) is 2.23. The van der Waals surface area contributed by atoms with E-state index in [0.29, 0.717) is 5.15 Å². The van der Waals surface area contributed by atoms with E-state index in [0.717, 1.165) is 16.9 Å². The van der Waals surface area contributed by atoms with Gasteiger partial charge in [-0.05, 0) is 6.92 Å². The molecule has 4 heteroatoms. The zero-order valence-corrected chi connectivity index (χ0v) is 10.1. The monoisotopic (exact) mass is 222 g/mol. The second kappa shape index (κ2) is 3.20. The maximum atomic E-state index is 5.93. The summed E-state index contributed by atoms with van der Waals surface area (Å²) < 4.78 is 1.65. The van der Waals surface area contributed by atoms with E-state index in [2.05, 4.69) is 37.1 Å². The summed E-state index contributed by atoms with van der Waals surface area (Å²) in [4.78, 5) is 4.24. The number of aryl methyl sites for hydroxylation is 1. The van der Waals surface area contributed by atoms with Crippen molar-refractivity contribution < 1.29 is 0 Å². The summed E-state index contributed by atoms with van der Waals surface area (Å²) >= 11 is 5.93. The van der Waals surface area contributed by atoms with Crippen LogP contribution in [0.15, 0.2) is 6.07 Å². The number of fused-ring (bicyclic) bond motifs is 1. The minimum Gasteiger partial charge on any atom is -0.217 e. The summed E-state index contributed by atoms with van der Waals surface area (Å²) in [6, 6.07) is 1.95. The third-order valence-electron chi connectivity index (χ3n) is 2.25. The minimum absolute atomic E-state index is 0.0158. The molecule has 0 atom stereocenters. The van der Waals surface area contributed by atoms with Gasteiger partial charge >= 0.3 is 0 Å². The standard InChI is InChI=1S/C11H13ClN3/c1-7-6-15-9(13-10(7)12)5-8(14-15)11(2,3)4/h5H,1-4H3. The zero-order valence-electron chi connectivity index (χ0n) is 9.30. The Morgan fingerprint density at radius 2 is 2.07 bits per heavy atom. The number of nitrogens with zero attached hydrogens (tertiary/aromatic N) is 3. The molecule has 2 aromatic heterocycles. The lowest BCUT2D eigenvalue weighted by Gasteiger charge is -2.13. The predicted molar refractivity (Wildman–Crippen MR) is 60.3 cm³/mol. The largest absolute Gasteiger partial charge is 0.217 e. The number of aromatic nitrogens is 3. The van der Waals surface area contributed by atoms with Gasteiger partial charge < -0.3 is 0 Å². The zero-order chi connectivity index (χ0) is 11.2. The molecule has 0 unspecified atom stereocenters. The van der Waals surface area contributed by atoms with Crippen LogP contribution in [0.25, 0.3) is 5.65 Å². The number of halogens is 1. The highest BCUT2D eigenvalue weighted by Gasteiger charge is 2.18. The molecule has 0 N–H and O–H groups in total. The lowest BCUT2D eigenvalue weighted by molar-refractivity contribution is 0.562. The molecule has 0 aliphatic heterocycles. The topological polar surface area (TPSA) is 30.2 Å². The van der Waals surface area contributed by atoms with Gasteiger partial charge in [0.05, 0.1) is 11.9 Å². The number of rotatable bonds is 0. The quantitative estimate of drug-likeness (QED) is 0.642. The van der Waals surface area contributed by atoms with Crippen molar-refractivity contribution in [1.82, 2.24) is 14.6 Å². The van der Waals surface area contributed by atoms with Gasteiger partial charge in [-0.25, -0.2) is 9.50 Å². The molecular formula is C11H13ClN3. The Morgan fingerprint density at radius 1 is 1.40 bits per heavy atom. The van der Waals surface area contributed by atoms with Gasteiger partial charge in [-0.15, -0.1) is 0 Å². The van der Waals surface area contributed by atoms with Crippen LogP contribution in [0.2, 0.25) is 5.15 Å². The molecule has 3 nitrogen and oxygen atoms in total. The van der Waals surface area contributed by atoms with Crippen molar-refractivity contribution in [3.8, 4) is 0 Å². The van der Waals surface area contributed by atoms with Gasteiger partial charge in [0, 0.05) is 17.0 Å².